The number of nitrogen functional groups attached to an aromatic ring is 1. The molecule has 0 saturated carbocycles. The maximum absolute atomic E-state index is 13.7. The van der Waals surface area contributed by atoms with Gasteiger partial charge in [0, 0.05) is 17.8 Å². The van der Waals surface area contributed by atoms with E-state index < -0.39 is 15.7 Å². The molecule has 1 aliphatic rings. The van der Waals surface area contributed by atoms with Crippen molar-refractivity contribution in [2.24, 2.45) is 0 Å². The third-order valence-electron chi connectivity index (χ3n) is 3.37. The van der Waals surface area contributed by atoms with Crippen molar-refractivity contribution in [3.63, 3.8) is 0 Å². The van der Waals surface area contributed by atoms with E-state index in [1.165, 1.54) is 16.9 Å². The lowest BCUT2D eigenvalue weighted by Crippen LogP contribution is -2.14. The number of pyridine rings is 1. The number of anilines is 1. The van der Waals surface area contributed by atoms with E-state index in [9.17, 15) is 12.8 Å². The zero-order valence-corrected chi connectivity index (χ0v) is 11.3. The quantitative estimate of drug-likeness (QED) is 0.893. The molecular formula is C12H13FN4O2S. The van der Waals surface area contributed by atoms with Crippen molar-refractivity contribution in [3.8, 4) is 11.3 Å². The van der Waals surface area contributed by atoms with Gasteiger partial charge in [-0.05, 0) is 12.5 Å². The van der Waals surface area contributed by atoms with Gasteiger partial charge in [0.2, 0.25) is 0 Å². The molecule has 6 nitrogen and oxygen atoms in total. The van der Waals surface area contributed by atoms with Crippen LogP contribution in [0.1, 0.15) is 12.5 Å². The van der Waals surface area contributed by atoms with Crippen molar-refractivity contribution in [3.05, 3.63) is 30.3 Å². The number of hydrogen-bond donors (Lipinski definition) is 1. The average Bonchev–Trinajstić information content (AvgIpc) is 2.93. The van der Waals surface area contributed by atoms with Gasteiger partial charge in [0.15, 0.2) is 15.7 Å². The molecule has 2 aromatic heterocycles. The monoisotopic (exact) mass is 296 g/mol. The molecule has 0 aromatic carbocycles. The van der Waals surface area contributed by atoms with E-state index in [4.69, 9.17) is 5.73 Å². The maximum Gasteiger partial charge on any atom is 0.152 e. The van der Waals surface area contributed by atoms with E-state index in [1.54, 1.807) is 6.07 Å². The fraction of sp³-hybridized carbons (Fsp3) is 0.333. The van der Waals surface area contributed by atoms with Crippen LogP contribution in [0.5, 0.6) is 0 Å². The maximum atomic E-state index is 13.7. The first-order chi connectivity index (χ1) is 9.46. The Hall–Kier alpha value is -1.96. The van der Waals surface area contributed by atoms with Gasteiger partial charge in [-0.2, -0.15) is 5.10 Å². The molecule has 2 N–H and O–H groups in total. The Kier molecular flexibility index (Phi) is 2.97. The smallest absolute Gasteiger partial charge is 0.152 e. The molecule has 106 valence electrons. The van der Waals surface area contributed by atoms with Gasteiger partial charge in [-0.1, -0.05) is 0 Å². The van der Waals surface area contributed by atoms with Gasteiger partial charge in [-0.15, -0.1) is 0 Å². The summed E-state index contributed by atoms with van der Waals surface area (Å²) >= 11 is 0. The molecule has 0 radical (unpaired) electrons. The highest BCUT2D eigenvalue weighted by molar-refractivity contribution is 7.91. The number of nitrogens with two attached hydrogens (primary N) is 1. The SMILES string of the molecule is Nc1cc(-c2ccncc2F)nn1C1CCS(=O)(=O)C1. The molecule has 1 fully saturated rings. The van der Waals surface area contributed by atoms with Gasteiger partial charge >= 0.3 is 0 Å². The van der Waals surface area contributed by atoms with E-state index in [1.807, 2.05) is 0 Å². The largest absolute Gasteiger partial charge is 0.384 e. The predicted molar refractivity (Wildman–Crippen MR) is 72.1 cm³/mol. The highest BCUT2D eigenvalue weighted by Crippen LogP contribution is 2.29. The molecule has 2 aromatic rings. The molecule has 8 heteroatoms. The van der Waals surface area contributed by atoms with Crippen LogP contribution in [0.15, 0.2) is 24.5 Å². The molecule has 0 aliphatic carbocycles. The van der Waals surface area contributed by atoms with E-state index in [0.717, 1.165) is 6.20 Å². The molecular weight excluding hydrogens is 283 g/mol. The van der Waals surface area contributed by atoms with Crippen molar-refractivity contribution >= 4 is 15.7 Å². The summed E-state index contributed by atoms with van der Waals surface area (Å²) in [5.41, 5.74) is 6.54. The Labute approximate surface area is 115 Å². The zero-order chi connectivity index (χ0) is 14.3. The van der Waals surface area contributed by atoms with E-state index in [0.29, 0.717) is 23.5 Å². The minimum atomic E-state index is -3.02. The Morgan fingerprint density at radius 1 is 1.45 bits per heavy atom. The fourth-order valence-electron chi connectivity index (χ4n) is 2.38. The minimum Gasteiger partial charge on any atom is -0.384 e. The van der Waals surface area contributed by atoms with Gasteiger partial charge in [-0.3, -0.25) is 4.98 Å². The second kappa shape index (κ2) is 4.55. The van der Waals surface area contributed by atoms with E-state index in [-0.39, 0.29) is 17.5 Å². The van der Waals surface area contributed by atoms with Crippen molar-refractivity contribution in [1.29, 1.82) is 0 Å². The highest BCUT2D eigenvalue weighted by atomic mass is 32.2. The lowest BCUT2D eigenvalue weighted by Gasteiger charge is -2.10. The number of aromatic nitrogens is 3. The number of nitrogens with zero attached hydrogens (tertiary/aromatic N) is 3. The van der Waals surface area contributed by atoms with Crippen molar-refractivity contribution in [2.45, 2.75) is 12.5 Å². The van der Waals surface area contributed by atoms with Crippen LogP contribution in [0.4, 0.5) is 10.2 Å². The van der Waals surface area contributed by atoms with Crippen LogP contribution < -0.4 is 5.73 Å². The van der Waals surface area contributed by atoms with Crippen LogP contribution in [-0.4, -0.2) is 34.7 Å². The summed E-state index contributed by atoms with van der Waals surface area (Å²) in [6.07, 6.45) is 3.05. The molecule has 0 bridgehead atoms. The Bertz CT molecular complexity index is 757. The van der Waals surface area contributed by atoms with Crippen molar-refractivity contribution in [1.82, 2.24) is 14.8 Å². The lowest BCUT2D eigenvalue weighted by atomic mass is 10.2. The molecule has 1 aliphatic heterocycles. The number of rotatable bonds is 2. The van der Waals surface area contributed by atoms with Gasteiger partial charge in [0.05, 0.1) is 29.4 Å². The van der Waals surface area contributed by atoms with Crippen LogP contribution in [-0.2, 0) is 9.84 Å². The van der Waals surface area contributed by atoms with Gasteiger partial charge in [0.1, 0.15) is 5.82 Å². The summed E-state index contributed by atoms with van der Waals surface area (Å²) < 4.78 is 38.2. The van der Waals surface area contributed by atoms with Crippen molar-refractivity contribution < 1.29 is 12.8 Å². The van der Waals surface area contributed by atoms with Gasteiger partial charge in [0.25, 0.3) is 0 Å². The van der Waals surface area contributed by atoms with E-state index >= 15 is 0 Å². The normalized spacial score (nSPS) is 21.1. The van der Waals surface area contributed by atoms with E-state index in [2.05, 4.69) is 10.1 Å². The van der Waals surface area contributed by atoms with Gasteiger partial charge in [-0.25, -0.2) is 17.5 Å². The summed E-state index contributed by atoms with van der Waals surface area (Å²) in [6, 6.07) is 2.77. The summed E-state index contributed by atoms with van der Waals surface area (Å²) in [6.45, 7) is 0. The van der Waals surface area contributed by atoms with Crippen molar-refractivity contribution in [2.75, 3.05) is 17.2 Å². The first-order valence-electron chi connectivity index (χ1n) is 6.11. The number of hydrogen-bond acceptors (Lipinski definition) is 5. The summed E-state index contributed by atoms with van der Waals surface area (Å²) in [5.74, 6) is 0.00192. The lowest BCUT2D eigenvalue weighted by molar-refractivity contribution is 0.507. The fourth-order valence-corrected chi connectivity index (χ4v) is 4.08. The third kappa shape index (κ3) is 2.26. The second-order valence-corrected chi connectivity index (χ2v) is 7.04. The third-order valence-corrected chi connectivity index (χ3v) is 5.12. The number of halogens is 1. The van der Waals surface area contributed by atoms with Crippen LogP contribution >= 0.6 is 0 Å². The van der Waals surface area contributed by atoms with Crippen LogP contribution in [0.25, 0.3) is 11.3 Å². The first-order valence-corrected chi connectivity index (χ1v) is 7.94. The molecule has 1 saturated heterocycles. The summed E-state index contributed by atoms with van der Waals surface area (Å²) in [7, 11) is -3.02. The molecule has 0 amide bonds. The average molecular weight is 296 g/mol. The van der Waals surface area contributed by atoms with Crippen LogP contribution in [0, 0.1) is 5.82 Å². The standard InChI is InChI=1S/C12H13FN4O2S/c13-10-6-15-3-1-9(10)11-5-12(14)17(16-11)8-2-4-20(18,19)7-8/h1,3,5-6,8H,2,4,7,14H2. The zero-order valence-electron chi connectivity index (χ0n) is 10.5. The van der Waals surface area contributed by atoms with Gasteiger partial charge < -0.3 is 5.73 Å². The predicted octanol–water partition coefficient (Wildman–Crippen LogP) is 1.03. The molecule has 3 heterocycles. The van der Waals surface area contributed by atoms with Crippen LogP contribution in [0.2, 0.25) is 0 Å². The Morgan fingerprint density at radius 3 is 2.90 bits per heavy atom. The Morgan fingerprint density at radius 2 is 2.25 bits per heavy atom. The second-order valence-electron chi connectivity index (χ2n) is 4.81. The summed E-state index contributed by atoms with van der Waals surface area (Å²) in [5, 5.41) is 4.25. The molecule has 3 rings (SSSR count). The molecule has 1 atom stereocenters. The molecule has 1 unspecified atom stereocenters. The number of sulfone groups is 1. The molecule has 20 heavy (non-hydrogen) atoms. The highest BCUT2D eigenvalue weighted by Gasteiger charge is 2.31. The molecule has 0 spiro atoms. The first kappa shape index (κ1) is 13.0. The topological polar surface area (TPSA) is 90.9 Å². The van der Waals surface area contributed by atoms with Crippen LogP contribution in [0.3, 0.4) is 0 Å². The summed E-state index contributed by atoms with van der Waals surface area (Å²) in [4.78, 5) is 3.68. The minimum absolute atomic E-state index is 0.0249. The Balaban J connectivity index is 1.98.